The Hall–Kier alpha value is -2.51. The molecule has 3 rings (SSSR count). The maximum Gasteiger partial charge on any atom is 0.248 e. The molecule has 0 unspecified atom stereocenters. The molecule has 2 aromatic carbocycles. The van der Waals surface area contributed by atoms with Gasteiger partial charge in [-0.05, 0) is 29.9 Å². The molecule has 30 heavy (non-hydrogen) atoms. The van der Waals surface area contributed by atoms with Crippen LogP contribution in [0, 0.1) is 0 Å². The van der Waals surface area contributed by atoms with Crippen LogP contribution in [-0.4, -0.2) is 30.4 Å². The van der Waals surface area contributed by atoms with E-state index in [1.54, 1.807) is 20.3 Å². The van der Waals surface area contributed by atoms with Gasteiger partial charge >= 0.3 is 0 Å². The Morgan fingerprint density at radius 3 is 2.60 bits per heavy atom. The third-order valence-electron chi connectivity index (χ3n) is 4.52. The zero-order chi connectivity index (χ0) is 21.3. The average molecular weight is 443 g/mol. The zero-order valence-corrected chi connectivity index (χ0v) is 18.9. The minimum atomic E-state index is -0.113. The SMILES string of the molecule is C=CCn1c(=NC(=O)CCCSCc2ccccc2)sc2c(OC)ccc(OC)c21. The first-order valence-corrected chi connectivity index (χ1v) is 11.7. The number of nitrogens with zero attached hydrogens (tertiary/aromatic N) is 2. The number of carbonyl (C=O) groups excluding carboxylic acids is 1. The van der Waals surface area contributed by atoms with E-state index in [0.717, 1.165) is 39.6 Å². The summed E-state index contributed by atoms with van der Waals surface area (Å²) in [6, 6.07) is 14.1. The monoisotopic (exact) mass is 442 g/mol. The van der Waals surface area contributed by atoms with Gasteiger partial charge in [0.2, 0.25) is 5.91 Å². The first-order chi connectivity index (χ1) is 14.7. The topological polar surface area (TPSA) is 52.8 Å². The lowest BCUT2D eigenvalue weighted by atomic mass is 10.2. The predicted octanol–water partition coefficient (Wildman–Crippen LogP) is 5.05. The minimum Gasteiger partial charge on any atom is -0.495 e. The van der Waals surface area contributed by atoms with E-state index in [1.807, 2.05) is 46.7 Å². The van der Waals surface area contributed by atoms with Crippen LogP contribution in [-0.2, 0) is 17.1 Å². The molecular weight excluding hydrogens is 416 g/mol. The zero-order valence-electron chi connectivity index (χ0n) is 17.3. The quantitative estimate of drug-likeness (QED) is 0.326. The van der Waals surface area contributed by atoms with E-state index in [-0.39, 0.29) is 5.91 Å². The van der Waals surface area contributed by atoms with E-state index in [9.17, 15) is 4.79 Å². The number of rotatable bonds is 10. The van der Waals surface area contributed by atoms with Gasteiger partial charge in [0, 0.05) is 18.7 Å². The van der Waals surface area contributed by atoms with Crippen LogP contribution >= 0.6 is 23.1 Å². The van der Waals surface area contributed by atoms with Gasteiger partial charge in [-0.1, -0.05) is 47.7 Å². The lowest BCUT2D eigenvalue weighted by Crippen LogP contribution is -2.16. The van der Waals surface area contributed by atoms with Gasteiger partial charge in [-0.3, -0.25) is 4.79 Å². The van der Waals surface area contributed by atoms with Crippen LogP contribution in [0.4, 0.5) is 0 Å². The van der Waals surface area contributed by atoms with Gasteiger partial charge in [-0.2, -0.15) is 16.8 Å². The molecule has 0 aliphatic heterocycles. The fourth-order valence-electron chi connectivity index (χ4n) is 3.09. The summed E-state index contributed by atoms with van der Waals surface area (Å²) in [5, 5.41) is 0. The number of hydrogen-bond donors (Lipinski definition) is 0. The van der Waals surface area contributed by atoms with E-state index in [4.69, 9.17) is 9.47 Å². The summed E-state index contributed by atoms with van der Waals surface area (Å²) in [7, 11) is 3.26. The van der Waals surface area contributed by atoms with Gasteiger partial charge in [-0.15, -0.1) is 6.58 Å². The van der Waals surface area contributed by atoms with Gasteiger partial charge in [0.25, 0.3) is 0 Å². The van der Waals surface area contributed by atoms with E-state index < -0.39 is 0 Å². The van der Waals surface area contributed by atoms with Gasteiger partial charge in [-0.25, -0.2) is 0 Å². The van der Waals surface area contributed by atoms with Crippen LogP contribution in [0.1, 0.15) is 18.4 Å². The number of benzene rings is 2. The van der Waals surface area contributed by atoms with Crippen LogP contribution in [0.15, 0.2) is 60.1 Å². The number of allylic oxidation sites excluding steroid dienone is 1. The highest BCUT2D eigenvalue weighted by Crippen LogP contribution is 2.35. The summed E-state index contributed by atoms with van der Waals surface area (Å²) in [6.07, 6.45) is 3.02. The van der Waals surface area contributed by atoms with Crippen LogP contribution in [0.3, 0.4) is 0 Å². The molecule has 1 aromatic heterocycles. The molecule has 0 N–H and O–H groups in total. The normalized spacial score (nSPS) is 11.6. The molecule has 0 aliphatic rings. The van der Waals surface area contributed by atoms with E-state index in [2.05, 4.69) is 23.7 Å². The fraction of sp³-hybridized carbons (Fsp3) is 0.304. The predicted molar refractivity (Wildman–Crippen MR) is 126 cm³/mol. The Kier molecular flexibility index (Phi) is 8.16. The Balaban J connectivity index is 1.73. The van der Waals surface area contributed by atoms with Crippen molar-refractivity contribution in [1.82, 2.24) is 4.57 Å². The van der Waals surface area contributed by atoms with E-state index in [1.165, 1.54) is 16.9 Å². The van der Waals surface area contributed by atoms with Crippen molar-refractivity contribution in [3.05, 3.63) is 65.5 Å². The van der Waals surface area contributed by atoms with Crippen molar-refractivity contribution in [3.8, 4) is 11.5 Å². The molecule has 3 aromatic rings. The number of thiazole rings is 1. The highest BCUT2D eigenvalue weighted by Gasteiger charge is 2.15. The van der Waals surface area contributed by atoms with Crippen molar-refractivity contribution in [2.24, 2.45) is 4.99 Å². The average Bonchev–Trinajstić information content (AvgIpc) is 3.12. The lowest BCUT2D eigenvalue weighted by molar-refractivity contribution is -0.118. The summed E-state index contributed by atoms with van der Waals surface area (Å²) in [4.78, 5) is 17.5. The van der Waals surface area contributed by atoms with Crippen LogP contribution < -0.4 is 14.3 Å². The van der Waals surface area contributed by atoms with Gasteiger partial charge in [0.15, 0.2) is 4.80 Å². The Labute approximate surface area is 185 Å². The number of aromatic nitrogens is 1. The summed E-state index contributed by atoms with van der Waals surface area (Å²) in [6.45, 7) is 4.37. The maximum absolute atomic E-state index is 12.5. The van der Waals surface area contributed by atoms with Gasteiger partial charge < -0.3 is 14.0 Å². The van der Waals surface area contributed by atoms with Crippen molar-refractivity contribution < 1.29 is 14.3 Å². The van der Waals surface area contributed by atoms with Crippen molar-refractivity contribution in [1.29, 1.82) is 0 Å². The summed E-state index contributed by atoms with van der Waals surface area (Å²) < 4.78 is 13.9. The second kappa shape index (κ2) is 11.0. The van der Waals surface area contributed by atoms with Crippen molar-refractivity contribution in [3.63, 3.8) is 0 Å². The van der Waals surface area contributed by atoms with E-state index in [0.29, 0.717) is 17.8 Å². The van der Waals surface area contributed by atoms with Crippen LogP contribution in [0.25, 0.3) is 10.2 Å². The Morgan fingerprint density at radius 2 is 1.90 bits per heavy atom. The lowest BCUT2D eigenvalue weighted by Gasteiger charge is -2.08. The van der Waals surface area contributed by atoms with Gasteiger partial charge in [0.1, 0.15) is 21.7 Å². The highest BCUT2D eigenvalue weighted by atomic mass is 32.2. The van der Waals surface area contributed by atoms with Gasteiger partial charge in [0.05, 0.1) is 14.2 Å². The standard InChI is InChI=1S/C23H26N2O3S2/c1-4-14-25-21-18(27-2)12-13-19(28-3)22(21)30-23(25)24-20(26)11-8-15-29-16-17-9-6-5-7-10-17/h4-7,9-10,12-13H,1,8,11,14-16H2,2-3H3. The highest BCUT2D eigenvalue weighted by molar-refractivity contribution is 7.98. The summed E-state index contributed by atoms with van der Waals surface area (Å²) in [5.74, 6) is 3.23. The van der Waals surface area contributed by atoms with Crippen LogP contribution in [0.5, 0.6) is 11.5 Å². The first kappa shape index (κ1) is 22.2. The second-order valence-corrected chi connectivity index (χ2v) is 8.66. The number of ether oxygens (including phenoxy) is 2. The maximum atomic E-state index is 12.5. The molecule has 7 heteroatoms. The number of thioether (sulfide) groups is 1. The number of amides is 1. The van der Waals surface area contributed by atoms with Crippen LogP contribution in [0.2, 0.25) is 0 Å². The molecule has 0 radical (unpaired) electrons. The third kappa shape index (κ3) is 5.34. The fourth-order valence-corrected chi connectivity index (χ4v) is 5.18. The Bertz CT molecular complexity index is 1070. The van der Waals surface area contributed by atoms with E-state index >= 15 is 0 Å². The van der Waals surface area contributed by atoms with Crippen molar-refractivity contribution in [2.75, 3.05) is 20.0 Å². The minimum absolute atomic E-state index is 0.113. The molecule has 0 saturated heterocycles. The molecule has 1 heterocycles. The molecule has 0 atom stereocenters. The van der Waals surface area contributed by atoms with Crippen molar-refractivity contribution >= 4 is 39.2 Å². The third-order valence-corrected chi connectivity index (χ3v) is 6.72. The molecule has 1 amide bonds. The first-order valence-electron chi connectivity index (χ1n) is 9.72. The smallest absolute Gasteiger partial charge is 0.248 e. The van der Waals surface area contributed by atoms with Crippen molar-refractivity contribution in [2.45, 2.75) is 25.1 Å². The molecule has 0 spiro atoms. The molecule has 0 bridgehead atoms. The largest absolute Gasteiger partial charge is 0.495 e. The molecule has 0 aliphatic carbocycles. The molecule has 5 nitrogen and oxygen atoms in total. The Morgan fingerprint density at radius 1 is 1.17 bits per heavy atom. The second-order valence-electron chi connectivity index (χ2n) is 6.58. The number of hydrogen-bond acceptors (Lipinski definition) is 5. The molecule has 158 valence electrons. The number of fused-ring (bicyclic) bond motifs is 1. The molecule has 0 fully saturated rings. The molecular formula is C23H26N2O3S2. The molecule has 0 saturated carbocycles. The number of methoxy groups -OCH3 is 2. The number of carbonyl (C=O) groups is 1. The summed E-state index contributed by atoms with van der Waals surface area (Å²) >= 11 is 3.27. The summed E-state index contributed by atoms with van der Waals surface area (Å²) in [5.41, 5.74) is 2.17.